The van der Waals surface area contributed by atoms with Gasteiger partial charge in [-0.1, -0.05) is 58.8 Å². The topological polar surface area (TPSA) is 116 Å². The number of para-hydroxylation sites is 1. The van der Waals surface area contributed by atoms with Crippen LogP contribution >= 0.6 is 23.2 Å². The molecule has 4 aliphatic rings. The van der Waals surface area contributed by atoms with Crippen LogP contribution in [0.1, 0.15) is 50.3 Å². The largest absolute Gasteiger partial charge is 0.494 e. The van der Waals surface area contributed by atoms with Crippen LogP contribution in [0.5, 0.6) is 11.5 Å². The van der Waals surface area contributed by atoms with Crippen LogP contribution in [0.2, 0.25) is 10.0 Å². The zero-order valence-corrected chi connectivity index (χ0v) is 28.5. The molecule has 1 saturated heterocycles. The number of amides is 3. The van der Waals surface area contributed by atoms with E-state index in [0.29, 0.717) is 13.2 Å². The first-order valence-electron chi connectivity index (χ1n) is 16.3. The molecule has 3 amide bonds. The molecule has 0 spiro atoms. The second-order valence-corrected chi connectivity index (χ2v) is 12.9. The maximum atomic E-state index is 14.3. The van der Waals surface area contributed by atoms with Crippen molar-refractivity contribution in [3.63, 3.8) is 0 Å². The van der Waals surface area contributed by atoms with Gasteiger partial charge in [-0.25, -0.2) is 9.91 Å². The van der Waals surface area contributed by atoms with Crippen LogP contribution in [-0.4, -0.2) is 65.3 Å². The third kappa shape index (κ3) is 6.06. The van der Waals surface area contributed by atoms with Crippen molar-refractivity contribution in [1.29, 1.82) is 0 Å². The summed E-state index contributed by atoms with van der Waals surface area (Å²) in [6.45, 7) is 4.69. The van der Waals surface area contributed by atoms with Crippen LogP contribution in [-0.2, 0) is 14.4 Å². The van der Waals surface area contributed by atoms with Crippen molar-refractivity contribution < 1.29 is 23.9 Å². The molecule has 7 rings (SSSR count). The molecule has 13 heteroatoms. The van der Waals surface area contributed by atoms with E-state index in [1.165, 1.54) is 10.0 Å². The Kier molecular flexibility index (Phi) is 9.13. The number of halogens is 2. The Bertz CT molecular complexity index is 1860. The molecule has 3 aromatic carbocycles. The highest BCUT2D eigenvalue weighted by molar-refractivity contribution is 6.42. The third-order valence-corrected chi connectivity index (χ3v) is 9.75. The summed E-state index contributed by atoms with van der Waals surface area (Å²) in [5.74, 6) is -0.0988. The average Bonchev–Trinajstić information content (AvgIpc) is 3.76. The monoisotopic (exact) mass is 700 g/mol. The van der Waals surface area contributed by atoms with Gasteiger partial charge in [0.1, 0.15) is 18.0 Å². The summed E-state index contributed by atoms with van der Waals surface area (Å²) >= 11 is 12.7. The Morgan fingerprint density at radius 2 is 1.55 bits per heavy atom. The minimum Gasteiger partial charge on any atom is -0.494 e. The molecule has 1 saturated carbocycles. The first kappa shape index (κ1) is 32.8. The molecule has 3 aromatic rings. The standard InChI is InChI=1S/C36H34Cl2N6O5/c1-3-48-24-15-11-21(12-16-24)19-23-7-5-8-26-30(23)40-44(32(26)22-13-17-25(18-14-22)49-4-2)29(45)20-42-34-31(39-41-42)35(46)43(36(34)47)33-27(37)9-6-10-28(33)38/h6,9-19,26,31-32,34H,3-5,7-8,20H2,1-2H3/b23-19+/t26-,31+,32-,34+/m1/s1. The van der Waals surface area contributed by atoms with Gasteiger partial charge in [-0.05, 0) is 92.3 Å². The lowest BCUT2D eigenvalue weighted by molar-refractivity contribution is -0.136. The number of hydrogen-bond acceptors (Lipinski definition) is 9. The number of ether oxygens (including phenoxy) is 2. The van der Waals surface area contributed by atoms with Crippen molar-refractivity contribution in [2.75, 3.05) is 24.7 Å². The normalized spacial score (nSPS) is 23.6. The summed E-state index contributed by atoms with van der Waals surface area (Å²) in [5.41, 5.74) is 3.95. The van der Waals surface area contributed by atoms with Crippen molar-refractivity contribution in [3.8, 4) is 11.5 Å². The lowest BCUT2D eigenvalue weighted by atomic mass is 9.77. The van der Waals surface area contributed by atoms with Crippen LogP contribution in [0.25, 0.3) is 6.08 Å². The molecule has 0 aromatic heterocycles. The second kappa shape index (κ2) is 13.6. The maximum Gasteiger partial charge on any atom is 0.264 e. The summed E-state index contributed by atoms with van der Waals surface area (Å²) in [6.07, 6.45) is 4.72. The number of anilines is 1. The number of rotatable bonds is 9. The Morgan fingerprint density at radius 1 is 0.898 bits per heavy atom. The molecule has 4 atom stereocenters. The fraction of sp³-hybridized carbons (Fsp3) is 0.333. The summed E-state index contributed by atoms with van der Waals surface area (Å²) in [6, 6.07) is 17.7. The van der Waals surface area contributed by atoms with E-state index in [4.69, 9.17) is 37.8 Å². The van der Waals surface area contributed by atoms with E-state index in [1.807, 2.05) is 62.4 Å². The lowest BCUT2D eigenvalue weighted by Gasteiger charge is -2.30. The predicted molar refractivity (Wildman–Crippen MR) is 186 cm³/mol. The molecule has 49 heavy (non-hydrogen) atoms. The van der Waals surface area contributed by atoms with E-state index < -0.39 is 29.9 Å². The number of hydrogen-bond donors (Lipinski definition) is 0. The minimum absolute atomic E-state index is 0.0508. The van der Waals surface area contributed by atoms with Crippen molar-refractivity contribution in [1.82, 2.24) is 10.0 Å². The summed E-state index contributed by atoms with van der Waals surface area (Å²) in [4.78, 5) is 42.3. The van der Waals surface area contributed by atoms with Crippen molar-refractivity contribution >= 4 is 58.4 Å². The van der Waals surface area contributed by atoms with Gasteiger partial charge in [0, 0.05) is 5.92 Å². The molecule has 3 aliphatic heterocycles. The van der Waals surface area contributed by atoms with Gasteiger partial charge < -0.3 is 9.47 Å². The second-order valence-electron chi connectivity index (χ2n) is 12.1. The summed E-state index contributed by atoms with van der Waals surface area (Å²) in [5, 5.41) is 16.3. The Hall–Kier alpha value is -4.74. The highest BCUT2D eigenvalue weighted by Gasteiger charge is 2.56. The molecule has 1 aliphatic carbocycles. The van der Waals surface area contributed by atoms with Crippen molar-refractivity contribution in [2.45, 2.75) is 51.2 Å². The quantitative estimate of drug-likeness (QED) is 0.224. The van der Waals surface area contributed by atoms with Gasteiger partial charge in [0.15, 0.2) is 12.1 Å². The molecule has 0 radical (unpaired) electrons. The molecular formula is C36H34Cl2N6O5. The number of imide groups is 1. The fourth-order valence-electron chi connectivity index (χ4n) is 6.98. The SMILES string of the molecule is CCOc1ccc(/C=C2\CCC[C@@H]3C2=NN(C(=O)CN2N=N[C@@H]4C(=O)N(c5c(Cl)cccc5Cl)C(=O)[C@H]42)[C@@H]3c2ccc(OCC)cc2)cc1. The van der Waals surface area contributed by atoms with E-state index in [0.717, 1.165) is 58.1 Å². The van der Waals surface area contributed by atoms with Gasteiger partial charge in [0.2, 0.25) is 0 Å². The van der Waals surface area contributed by atoms with Gasteiger partial charge in [0.05, 0.1) is 40.7 Å². The van der Waals surface area contributed by atoms with E-state index in [2.05, 4.69) is 16.4 Å². The number of allylic oxidation sites excluding steroid dienone is 1. The smallest absolute Gasteiger partial charge is 0.264 e. The molecule has 0 bridgehead atoms. The van der Waals surface area contributed by atoms with Crippen molar-refractivity contribution in [2.24, 2.45) is 21.4 Å². The van der Waals surface area contributed by atoms with Crippen LogP contribution in [0.15, 0.2) is 87.7 Å². The summed E-state index contributed by atoms with van der Waals surface area (Å²) < 4.78 is 11.3. The predicted octanol–water partition coefficient (Wildman–Crippen LogP) is 6.91. The van der Waals surface area contributed by atoms with Gasteiger partial charge >= 0.3 is 0 Å². The Morgan fingerprint density at radius 3 is 2.20 bits per heavy atom. The third-order valence-electron chi connectivity index (χ3n) is 9.14. The zero-order chi connectivity index (χ0) is 34.2. The highest BCUT2D eigenvalue weighted by atomic mass is 35.5. The minimum atomic E-state index is -1.12. The molecule has 0 N–H and O–H groups in total. The number of carbonyl (C=O) groups excluding carboxylic acids is 3. The van der Waals surface area contributed by atoms with E-state index >= 15 is 0 Å². The Labute approximate surface area is 293 Å². The molecule has 11 nitrogen and oxygen atoms in total. The van der Waals surface area contributed by atoms with Gasteiger partial charge in [-0.2, -0.15) is 10.2 Å². The number of carbonyl (C=O) groups is 3. The number of hydrazone groups is 1. The van der Waals surface area contributed by atoms with Crippen LogP contribution < -0.4 is 14.4 Å². The molecular weight excluding hydrogens is 667 g/mol. The molecule has 2 fully saturated rings. The maximum absolute atomic E-state index is 14.3. The van der Waals surface area contributed by atoms with Crippen LogP contribution in [0, 0.1) is 5.92 Å². The summed E-state index contributed by atoms with van der Waals surface area (Å²) in [7, 11) is 0. The highest BCUT2D eigenvalue weighted by Crippen LogP contribution is 2.45. The number of benzene rings is 3. The van der Waals surface area contributed by atoms with Gasteiger partial charge in [-0.3, -0.25) is 19.4 Å². The van der Waals surface area contributed by atoms with Crippen molar-refractivity contribution in [3.05, 3.63) is 93.5 Å². The van der Waals surface area contributed by atoms with E-state index in [1.54, 1.807) is 18.2 Å². The first-order chi connectivity index (χ1) is 23.8. The Balaban J connectivity index is 1.19. The number of nitrogens with zero attached hydrogens (tertiary/aromatic N) is 6. The molecule has 3 heterocycles. The van der Waals surface area contributed by atoms with E-state index in [9.17, 15) is 14.4 Å². The van der Waals surface area contributed by atoms with E-state index in [-0.39, 0.29) is 34.1 Å². The lowest BCUT2D eigenvalue weighted by Crippen LogP contribution is -2.45. The molecule has 252 valence electrons. The van der Waals surface area contributed by atoms with Gasteiger partial charge in [-0.15, -0.1) is 0 Å². The van der Waals surface area contributed by atoms with Crippen LogP contribution in [0.4, 0.5) is 5.69 Å². The number of fused-ring (bicyclic) bond motifs is 2. The average molecular weight is 702 g/mol. The van der Waals surface area contributed by atoms with Gasteiger partial charge in [0.25, 0.3) is 17.7 Å². The zero-order valence-electron chi connectivity index (χ0n) is 27.0. The fourth-order valence-corrected chi connectivity index (χ4v) is 7.55. The first-order valence-corrected chi connectivity index (χ1v) is 17.1. The van der Waals surface area contributed by atoms with Crippen LogP contribution in [0.3, 0.4) is 0 Å². The molecule has 0 unspecified atom stereocenters.